The molecule has 0 radical (unpaired) electrons. The van der Waals surface area contributed by atoms with Crippen molar-refractivity contribution < 1.29 is 33.3 Å². The number of carbonyl (C=O) groups excluding carboxylic acids is 3. The van der Waals surface area contributed by atoms with Gasteiger partial charge in [0.25, 0.3) is 0 Å². The average Bonchev–Trinajstić information content (AvgIpc) is 2.81. The van der Waals surface area contributed by atoms with E-state index >= 15 is 0 Å². The van der Waals surface area contributed by atoms with Gasteiger partial charge in [-0.15, -0.1) is 0 Å². The normalized spacial score (nSPS) is 10.1. The molecule has 0 bridgehead atoms. The number of rotatable bonds is 10. The first-order valence-corrected chi connectivity index (χ1v) is 9.45. The van der Waals surface area contributed by atoms with Crippen molar-refractivity contribution in [1.29, 1.82) is 0 Å². The molecular weight excluding hydrogens is 404 g/mol. The minimum atomic E-state index is -0.604. The van der Waals surface area contributed by atoms with Crippen LogP contribution in [0.25, 0.3) is 0 Å². The van der Waals surface area contributed by atoms with Gasteiger partial charge in [0.2, 0.25) is 5.91 Å². The predicted octanol–water partition coefficient (Wildman–Crippen LogP) is 2.05. The molecule has 0 fully saturated rings. The van der Waals surface area contributed by atoms with Crippen LogP contribution in [0.15, 0.2) is 36.4 Å². The highest BCUT2D eigenvalue weighted by atomic mass is 16.5. The molecule has 1 amide bonds. The van der Waals surface area contributed by atoms with E-state index in [1.165, 1.54) is 32.4 Å². The van der Waals surface area contributed by atoms with Crippen LogP contribution in [0.2, 0.25) is 0 Å². The molecule has 2 rings (SSSR count). The van der Waals surface area contributed by atoms with Crippen LogP contribution >= 0.6 is 0 Å². The minimum absolute atomic E-state index is 0.0445. The number of esters is 2. The van der Waals surface area contributed by atoms with Gasteiger partial charge < -0.3 is 29.6 Å². The van der Waals surface area contributed by atoms with Crippen molar-refractivity contribution in [3.8, 4) is 11.5 Å². The average molecular weight is 430 g/mol. The van der Waals surface area contributed by atoms with Crippen LogP contribution in [0.3, 0.4) is 0 Å². The Bertz CT molecular complexity index is 909. The molecular formula is C22H26N2O7. The van der Waals surface area contributed by atoms with Crippen LogP contribution in [0.1, 0.15) is 26.3 Å². The topological polar surface area (TPSA) is 112 Å². The molecule has 0 aliphatic heterocycles. The Hall–Kier alpha value is -3.75. The fraction of sp³-hybridized carbons (Fsp3) is 0.318. The van der Waals surface area contributed by atoms with Gasteiger partial charge in [-0.25, -0.2) is 9.59 Å². The summed E-state index contributed by atoms with van der Waals surface area (Å²) in [5.41, 5.74) is 1.74. The van der Waals surface area contributed by atoms with E-state index in [1.807, 2.05) is 18.2 Å². The van der Waals surface area contributed by atoms with Crippen molar-refractivity contribution >= 4 is 23.5 Å². The molecule has 0 saturated heterocycles. The van der Waals surface area contributed by atoms with Crippen LogP contribution in [0.4, 0.5) is 5.69 Å². The van der Waals surface area contributed by atoms with Crippen molar-refractivity contribution in [2.45, 2.75) is 6.42 Å². The molecule has 0 saturated carbocycles. The first-order chi connectivity index (χ1) is 14.9. The molecule has 2 N–H and O–H groups in total. The van der Waals surface area contributed by atoms with Gasteiger partial charge in [0, 0.05) is 12.2 Å². The zero-order valence-corrected chi connectivity index (χ0v) is 17.9. The highest BCUT2D eigenvalue weighted by Gasteiger charge is 2.14. The van der Waals surface area contributed by atoms with Crippen LogP contribution < -0.4 is 20.1 Å². The molecule has 9 nitrogen and oxygen atoms in total. The maximum absolute atomic E-state index is 12.2. The number of hydrogen-bond acceptors (Lipinski definition) is 8. The lowest BCUT2D eigenvalue weighted by atomic mass is 10.1. The van der Waals surface area contributed by atoms with E-state index in [4.69, 9.17) is 18.9 Å². The van der Waals surface area contributed by atoms with E-state index in [9.17, 15) is 14.4 Å². The second kappa shape index (κ2) is 11.4. The van der Waals surface area contributed by atoms with Crippen LogP contribution in [-0.2, 0) is 20.7 Å². The van der Waals surface area contributed by atoms with Gasteiger partial charge in [0.1, 0.15) is 0 Å². The monoisotopic (exact) mass is 430 g/mol. The summed E-state index contributed by atoms with van der Waals surface area (Å²) in [6.07, 6.45) is 0.608. The van der Waals surface area contributed by atoms with Gasteiger partial charge in [0.05, 0.1) is 46.1 Å². The van der Waals surface area contributed by atoms with E-state index in [-0.39, 0.29) is 23.6 Å². The molecule has 166 valence electrons. The number of ether oxygens (including phenoxy) is 4. The van der Waals surface area contributed by atoms with Crippen molar-refractivity contribution in [1.82, 2.24) is 5.32 Å². The summed E-state index contributed by atoms with van der Waals surface area (Å²) >= 11 is 0. The summed E-state index contributed by atoms with van der Waals surface area (Å²) in [5, 5.41) is 5.71. The number of carbonyl (C=O) groups is 3. The first-order valence-electron chi connectivity index (χ1n) is 9.45. The summed E-state index contributed by atoms with van der Waals surface area (Å²) < 4.78 is 19.9. The Balaban J connectivity index is 1.93. The minimum Gasteiger partial charge on any atom is -0.493 e. The number of hydrogen-bond donors (Lipinski definition) is 2. The number of nitrogens with one attached hydrogen (secondary N) is 2. The highest BCUT2D eigenvalue weighted by Crippen LogP contribution is 2.27. The third-order valence-electron chi connectivity index (χ3n) is 4.41. The quantitative estimate of drug-likeness (QED) is 0.551. The van der Waals surface area contributed by atoms with Crippen LogP contribution in [0.5, 0.6) is 11.5 Å². The van der Waals surface area contributed by atoms with E-state index in [1.54, 1.807) is 14.2 Å². The van der Waals surface area contributed by atoms with Gasteiger partial charge in [-0.05, 0) is 42.3 Å². The molecule has 0 aromatic heterocycles. The number of benzene rings is 2. The molecule has 2 aromatic rings. The van der Waals surface area contributed by atoms with Crippen molar-refractivity contribution in [2.24, 2.45) is 0 Å². The molecule has 0 heterocycles. The second-order valence-electron chi connectivity index (χ2n) is 6.43. The Labute approximate surface area is 180 Å². The van der Waals surface area contributed by atoms with Crippen molar-refractivity contribution in [3.05, 3.63) is 53.1 Å². The summed E-state index contributed by atoms with van der Waals surface area (Å²) in [7, 11) is 5.62. The number of amides is 1. The fourth-order valence-corrected chi connectivity index (χ4v) is 2.83. The van der Waals surface area contributed by atoms with Gasteiger partial charge >= 0.3 is 11.9 Å². The lowest BCUT2D eigenvalue weighted by Crippen LogP contribution is -2.31. The number of anilines is 1. The van der Waals surface area contributed by atoms with Gasteiger partial charge in [-0.2, -0.15) is 0 Å². The highest BCUT2D eigenvalue weighted by molar-refractivity contribution is 5.97. The Morgan fingerprint density at radius 2 is 1.42 bits per heavy atom. The molecule has 0 unspecified atom stereocenters. The van der Waals surface area contributed by atoms with E-state index in [0.717, 1.165) is 5.56 Å². The smallest absolute Gasteiger partial charge is 0.337 e. The SMILES string of the molecule is COC(=O)c1cc(NCC(=O)NCCc2ccc(OC)c(OC)c2)cc(C(=O)OC)c1. The fourth-order valence-electron chi connectivity index (χ4n) is 2.83. The molecule has 0 spiro atoms. The Morgan fingerprint density at radius 1 is 0.806 bits per heavy atom. The Kier molecular flexibility index (Phi) is 8.68. The Morgan fingerprint density at radius 3 is 1.97 bits per heavy atom. The summed E-state index contributed by atoms with van der Waals surface area (Å²) in [5.74, 6) is -0.190. The molecule has 0 atom stereocenters. The molecule has 9 heteroatoms. The van der Waals surface area contributed by atoms with Crippen molar-refractivity contribution in [2.75, 3.05) is 46.8 Å². The van der Waals surface area contributed by atoms with E-state index in [2.05, 4.69) is 10.6 Å². The maximum Gasteiger partial charge on any atom is 0.337 e. The third-order valence-corrected chi connectivity index (χ3v) is 4.41. The zero-order valence-electron chi connectivity index (χ0n) is 17.9. The lowest BCUT2D eigenvalue weighted by Gasteiger charge is -2.12. The standard InChI is InChI=1S/C22H26N2O7/c1-28-18-6-5-14(9-19(18)29-2)7-8-23-20(25)13-24-17-11-15(21(26)30-3)10-16(12-17)22(27)31-4/h5-6,9-12,24H,7-8,13H2,1-4H3,(H,23,25). The van der Waals surface area contributed by atoms with Crippen LogP contribution in [0, 0.1) is 0 Å². The second-order valence-corrected chi connectivity index (χ2v) is 6.43. The summed E-state index contributed by atoms with van der Waals surface area (Å²) in [6.45, 7) is 0.378. The predicted molar refractivity (Wildman–Crippen MR) is 114 cm³/mol. The molecule has 0 aliphatic carbocycles. The lowest BCUT2D eigenvalue weighted by molar-refractivity contribution is -0.119. The van der Waals surface area contributed by atoms with Gasteiger partial charge in [-0.3, -0.25) is 4.79 Å². The maximum atomic E-state index is 12.2. The van der Waals surface area contributed by atoms with E-state index < -0.39 is 11.9 Å². The van der Waals surface area contributed by atoms with Gasteiger partial charge in [0.15, 0.2) is 11.5 Å². The number of methoxy groups -OCH3 is 4. The summed E-state index contributed by atoms with van der Waals surface area (Å²) in [4.78, 5) is 35.8. The zero-order chi connectivity index (χ0) is 22.8. The third kappa shape index (κ3) is 6.63. The largest absolute Gasteiger partial charge is 0.493 e. The molecule has 0 aliphatic rings. The first kappa shape index (κ1) is 23.5. The van der Waals surface area contributed by atoms with Crippen LogP contribution in [-0.4, -0.2) is 59.4 Å². The van der Waals surface area contributed by atoms with E-state index in [0.29, 0.717) is 30.2 Å². The summed E-state index contributed by atoms with van der Waals surface area (Å²) in [6, 6.07) is 9.93. The van der Waals surface area contributed by atoms with Crippen molar-refractivity contribution in [3.63, 3.8) is 0 Å². The van der Waals surface area contributed by atoms with Gasteiger partial charge in [-0.1, -0.05) is 6.07 Å². The molecule has 31 heavy (non-hydrogen) atoms. The molecule has 2 aromatic carbocycles.